The van der Waals surface area contributed by atoms with E-state index in [0.29, 0.717) is 5.88 Å². The van der Waals surface area contributed by atoms with Gasteiger partial charge in [-0.2, -0.15) is 0 Å². The number of benzene rings is 1. The molecule has 0 spiro atoms. The predicted molar refractivity (Wildman–Crippen MR) is 115 cm³/mol. The lowest BCUT2D eigenvalue weighted by Crippen LogP contribution is -2.28. The minimum Gasteiger partial charge on any atom is -0.439 e. The Kier molecular flexibility index (Phi) is 5.79. The Hall–Kier alpha value is -2.73. The second-order valence-corrected chi connectivity index (χ2v) is 8.81. The summed E-state index contributed by atoms with van der Waals surface area (Å²) < 4.78 is 7.01. The van der Waals surface area contributed by atoms with Crippen molar-refractivity contribution in [2.75, 3.05) is 0 Å². The molecule has 1 aromatic carbocycles. The first kappa shape index (κ1) is 20.0. The van der Waals surface area contributed by atoms with Gasteiger partial charge in [0.1, 0.15) is 5.75 Å². The summed E-state index contributed by atoms with van der Waals surface area (Å²) in [5.74, 6) is 1.23. The summed E-state index contributed by atoms with van der Waals surface area (Å²) >= 11 is 1.69. The molecule has 0 unspecified atom stereocenters. The van der Waals surface area contributed by atoms with E-state index in [1.165, 1.54) is 6.92 Å². The molecule has 5 nitrogen and oxygen atoms in total. The highest BCUT2D eigenvalue weighted by molar-refractivity contribution is 7.18. The molecule has 2 heterocycles. The zero-order valence-electron chi connectivity index (χ0n) is 16.8. The van der Waals surface area contributed by atoms with E-state index < -0.39 is 0 Å². The Bertz CT molecular complexity index is 1000. The first-order valence-electron chi connectivity index (χ1n) is 9.21. The second kappa shape index (κ2) is 8.10. The molecule has 1 atom stereocenters. The van der Waals surface area contributed by atoms with Crippen molar-refractivity contribution in [1.29, 1.82) is 0 Å². The van der Waals surface area contributed by atoms with Crippen molar-refractivity contribution in [2.24, 2.45) is 0 Å². The molecule has 6 heteroatoms. The Morgan fingerprint density at radius 2 is 2.04 bits per heavy atom. The first-order valence-corrected chi connectivity index (χ1v) is 10.0. The molecule has 0 aliphatic rings. The summed E-state index contributed by atoms with van der Waals surface area (Å²) in [7, 11) is 0. The number of aromatic nitrogens is 2. The van der Waals surface area contributed by atoms with Crippen LogP contribution in [0.1, 0.15) is 45.2 Å². The molecule has 0 aliphatic carbocycles. The molecule has 0 aliphatic heterocycles. The third-order valence-electron chi connectivity index (χ3n) is 3.99. The Labute approximate surface area is 169 Å². The van der Waals surface area contributed by atoms with E-state index in [4.69, 9.17) is 9.72 Å². The van der Waals surface area contributed by atoms with E-state index in [9.17, 15) is 4.79 Å². The number of hydrogen-bond donors (Lipinski definition) is 1. The molecule has 0 saturated heterocycles. The van der Waals surface area contributed by atoms with E-state index in [-0.39, 0.29) is 17.4 Å². The molecule has 3 aromatic rings. The molecular formula is C22H25N3O2S. The summed E-state index contributed by atoms with van der Waals surface area (Å²) in [6.45, 7) is 9.92. The summed E-state index contributed by atoms with van der Waals surface area (Å²) in [6.07, 6.45) is 5.59. The number of amides is 1. The van der Waals surface area contributed by atoms with Gasteiger partial charge in [-0.15, -0.1) is 11.3 Å². The number of nitrogens with zero attached hydrogens (tertiary/aromatic N) is 2. The van der Waals surface area contributed by atoms with Crippen LogP contribution in [-0.4, -0.2) is 21.9 Å². The number of ether oxygens (including phenoxy) is 1. The minimum atomic E-state index is -0.0495. The molecular weight excluding hydrogens is 370 g/mol. The number of pyridine rings is 1. The maximum atomic E-state index is 11.0. The van der Waals surface area contributed by atoms with Crippen LogP contribution in [0.25, 0.3) is 16.3 Å². The lowest BCUT2D eigenvalue weighted by atomic mass is 9.98. The molecule has 1 amide bonds. The van der Waals surface area contributed by atoms with Gasteiger partial charge in [-0.25, -0.2) is 9.97 Å². The van der Waals surface area contributed by atoms with Crippen molar-refractivity contribution in [3.8, 4) is 11.6 Å². The average Bonchev–Trinajstić information content (AvgIpc) is 3.04. The maximum Gasteiger partial charge on any atom is 0.219 e. The summed E-state index contributed by atoms with van der Waals surface area (Å²) in [6, 6.07) is 9.64. The van der Waals surface area contributed by atoms with Crippen LogP contribution in [0.15, 0.2) is 42.6 Å². The molecule has 3 rings (SSSR count). The monoisotopic (exact) mass is 395 g/mol. The first-order chi connectivity index (χ1) is 13.2. The van der Waals surface area contributed by atoms with Crippen molar-refractivity contribution in [3.05, 3.63) is 53.2 Å². The highest BCUT2D eigenvalue weighted by atomic mass is 32.1. The van der Waals surface area contributed by atoms with Crippen molar-refractivity contribution >= 4 is 33.5 Å². The number of carbonyl (C=O) groups excluding carboxylic acids is 1. The van der Waals surface area contributed by atoms with Gasteiger partial charge in [-0.3, -0.25) is 4.79 Å². The lowest BCUT2D eigenvalue weighted by molar-refractivity contribution is -0.119. The van der Waals surface area contributed by atoms with Gasteiger partial charge in [0.25, 0.3) is 0 Å². The third kappa shape index (κ3) is 5.16. The van der Waals surface area contributed by atoms with Crippen molar-refractivity contribution in [1.82, 2.24) is 15.3 Å². The molecule has 0 radical (unpaired) electrons. The number of thiazole rings is 1. The van der Waals surface area contributed by atoms with Gasteiger partial charge in [0.2, 0.25) is 11.8 Å². The Morgan fingerprint density at radius 1 is 1.25 bits per heavy atom. The second-order valence-electron chi connectivity index (χ2n) is 7.78. The fourth-order valence-corrected chi connectivity index (χ4v) is 3.64. The lowest BCUT2D eigenvalue weighted by Gasteiger charge is -2.13. The van der Waals surface area contributed by atoms with E-state index in [2.05, 4.69) is 31.1 Å². The fraction of sp³-hybridized carbons (Fsp3) is 0.318. The van der Waals surface area contributed by atoms with Gasteiger partial charge in [0.05, 0.1) is 15.2 Å². The minimum absolute atomic E-state index is 0.0300. The summed E-state index contributed by atoms with van der Waals surface area (Å²) in [5, 5.41) is 3.92. The van der Waals surface area contributed by atoms with Crippen LogP contribution in [0, 0.1) is 0 Å². The zero-order chi connectivity index (χ0) is 20.3. The molecule has 0 saturated carbocycles. The standard InChI is InChI=1S/C22H25N3O2S/c1-14(24-15(2)26)6-7-16-8-11-20(23-13-16)27-17-9-10-18-19(12-17)28-21(25-18)22(3,4)5/h6-14H,1-5H3,(H,24,26)/b7-6+/t14-/m0/s1. The molecule has 2 aromatic heterocycles. The molecule has 0 fully saturated rings. The number of hydrogen-bond acceptors (Lipinski definition) is 5. The topological polar surface area (TPSA) is 64.1 Å². The van der Waals surface area contributed by atoms with Crippen LogP contribution < -0.4 is 10.1 Å². The number of carbonyl (C=O) groups is 1. The third-order valence-corrected chi connectivity index (χ3v) is 5.44. The van der Waals surface area contributed by atoms with Crippen LogP contribution in [0.5, 0.6) is 11.6 Å². The smallest absolute Gasteiger partial charge is 0.219 e. The van der Waals surface area contributed by atoms with E-state index in [1.54, 1.807) is 17.5 Å². The predicted octanol–water partition coefficient (Wildman–Crippen LogP) is 5.32. The zero-order valence-corrected chi connectivity index (χ0v) is 17.6. The van der Waals surface area contributed by atoms with Gasteiger partial charge in [-0.1, -0.05) is 32.9 Å². The van der Waals surface area contributed by atoms with Gasteiger partial charge in [0.15, 0.2) is 0 Å². The Balaban J connectivity index is 1.70. The Morgan fingerprint density at radius 3 is 2.68 bits per heavy atom. The van der Waals surface area contributed by atoms with E-state index in [0.717, 1.165) is 26.5 Å². The number of fused-ring (bicyclic) bond motifs is 1. The normalized spacial score (nSPS) is 13.0. The van der Waals surface area contributed by atoms with Crippen LogP contribution in [0.3, 0.4) is 0 Å². The molecule has 146 valence electrons. The average molecular weight is 396 g/mol. The highest BCUT2D eigenvalue weighted by Crippen LogP contribution is 2.33. The van der Waals surface area contributed by atoms with Crippen LogP contribution in [0.4, 0.5) is 0 Å². The van der Waals surface area contributed by atoms with Gasteiger partial charge in [-0.05, 0) is 30.7 Å². The van der Waals surface area contributed by atoms with Crippen LogP contribution in [-0.2, 0) is 10.2 Å². The molecule has 28 heavy (non-hydrogen) atoms. The van der Waals surface area contributed by atoms with Crippen LogP contribution in [0.2, 0.25) is 0 Å². The number of rotatable bonds is 5. The van der Waals surface area contributed by atoms with Gasteiger partial charge < -0.3 is 10.1 Å². The summed E-state index contributed by atoms with van der Waals surface area (Å²) in [5.41, 5.74) is 1.97. The van der Waals surface area contributed by atoms with E-state index in [1.807, 2.05) is 49.4 Å². The largest absolute Gasteiger partial charge is 0.439 e. The van der Waals surface area contributed by atoms with Gasteiger partial charge in [0, 0.05) is 36.7 Å². The van der Waals surface area contributed by atoms with E-state index >= 15 is 0 Å². The molecule has 1 N–H and O–H groups in total. The van der Waals surface area contributed by atoms with Crippen molar-refractivity contribution in [3.63, 3.8) is 0 Å². The SMILES string of the molecule is CC(=O)N[C@@H](C)/C=C/c1ccc(Oc2ccc3nc(C(C)(C)C)sc3c2)nc1. The highest BCUT2D eigenvalue weighted by Gasteiger charge is 2.19. The van der Waals surface area contributed by atoms with Gasteiger partial charge >= 0.3 is 0 Å². The van der Waals surface area contributed by atoms with Crippen molar-refractivity contribution in [2.45, 2.75) is 46.1 Å². The van der Waals surface area contributed by atoms with Crippen molar-refractivity contribution < 1.29 is 9.53 Å². The fourth-order valence-electron chi connectivity index (χ4n) is 2.58. The van der Waals surface area contributed by atoms with Crippen LogP contribution >= 0.6 is 11.3 Å². The number of nitrogens with one attached hydrogen (secondary N) is 1. The summed E-state index contributed by atoms with van der Waals surface area (Å²) in [4.78, 5) is 20.1. The maximum absolute atomic E-state index is 11.0. The quantitative estimate of drug-likeness (QED) is 0.635. The molecule has 0 bridgehead atoms.